The SMILES string of the molecule is CC(NC(=O)CSc1n[nH]c(N)n1)c1ccccc1Cl. The number of hydrogen-bond acceptors (Lipinski definition) is 5. The fourth-order valence-electron chi connectivity index (χ4n) is 1.64. The van der Waals surface area contributed by atoms with E-state index in [0.717, 1.165) is 5.56 Å². The lowest BCUT2D eigenvalue weighted by Crippen LogP contribution is -2.28. The summed E-state index contributed by atoms with van der Waals surface area (Å²) in [6.45, 7) is 1.88. The van der Waals surface area contributed by atoms with Crippen molar-refractivity contribution in [2.75, 3.05) is 11.5 Å². The molecule has 8 heteroatoms. The van der Waals surface area contributed by atoms with E-state index < -0.39 is 0 Å². The summed E-state index contributed by atoms with van der Waals surface area (Å²) in [5.41, 5.74) is 6.28. The van der Waals surface area contributed by atoms with Crippen LogP contribution >= 0.6 is 23.4 Å². The molecule has 0 bridgehead atoms. The first kappa shape index (κ1) is 14.7. The molecule has 20 heavy (non-hydrogen) atoms. The number of amides is 1. The smallest absolute Gasteiger partial charge is 0.230 e. The van der Waals surface area contributed by atoms with Gasteiger partial charge < -0.3 is 11.1 Å². The van der Waals surface area contributed by atoms with Gasteiger partial charge in [-0.1, -0.05) is 41.6 Å². The van der Waals surface area contributed by atoms with Gasteiger partial charge in [0.1, 0.15) is 0 Å². The molecule has 0 aliphatic rings. The maximum absolute atomic E-state index is 11.8. The van der Waals surface area contributed by atoms with Crippen LogP contribution in [0, 0.1) is 0 Å². The molecule has 0 aliphatic carbocycles. The van der Waals surface area contributed by atoms with Crippen molar-refractivity contribution in [3.8, 4) is 0 Å². The highest BCUT2D eigenvalue weighted by atomic mass is 35.5. The van der Waals surface area contributed by atoms with Crippen LogP contribution in [0.1, 0.15) is 18.5 Å². The molecule has 2 rings (SSSR count). The van der Waals surface area contributed by atoms with Crippen LogP contribution in [0.15, 0.2) is 29.4 Å². The van der Waals surface area contributed by atoms with Crippen molar-refractivity contribution >= 4 is 35.2 Å². The summed E-state index contributed by atoms with van der Waals surface area (Å²) in [4.78, 5) is 15.8. The second-order valence-corrected chi connectivity index (χ2v) is 5.45. The molecular formula is C12H14ClN5OS. The predicted octanol–water partition coefficient (Wildman–Crippen LogP) is 2.01. The molecule has 0 saturated carbocycles. The minimum Gasteiger partial charge on any atom is -0.368 e. The molecule has 0 saturated heterocycles. The van der Waals surface area contributed by atoms with Crippen molar-refractivity contribution in [2.24, 2.45) is 0 Å². The van der Waals surface area contributed by atoms with Crippen molar-refractivity contribution in [3.63, 3.8) is 0 Å². The third-order valence-electron chi connectivity index (χ3n) is 2.56. The van der Waals surface area contributed by atoms with Gasteiger partial charge in [0.2, 0.25) is 17.0 Å². The summed E-state index contributed by atoms with van der Waals surface area (Å²) in [7, 11) is 0. The number of benzene rings is 1. The van der Waals surface area contributed by atoms with Crippen LogP contribution in [0.4, 0.5) is 5.95 Å². The quantitative estimate of drug-likeness (QED) is 0.734. The van der Waals surface area contributed by atoms with Gasteiger partial charge in [0.25, 0.3) is 0 Å². The van der Waals surface area contributed by atoms with Gasteiger partial charge in [-0.25, -0.2) is 5.10 Å². The molecule has 1 aromatic heterocycles. The molecule has 0 fully saturated rings. The first-order valence-corrected chi connectivity index (χ1v) is 7.27. The van der Waals surface area contributed by atoms with E-state index in [2.05, 4.69) is 20.5 Å². The van der Waals surface area contributed by atoms with Gasteiger partial charge in [0.15, 0.2) is 0 Å². The van der Waals surface area contributed by atoms with E-state index in [9.17, 15) is 4.79 Å². The number of anilines is 1. The normalized spacial score (nSPS) is 12.1. The number of halogens is 1. The number of nitrogen functional groups attached to an aromatic ring is 1. The number of aromatic amines is 1. The lowest BCUT2D eigenvalue weighted by atomic mass is 10.1. The van der Waals surface area contributed by atoms with Crippen molar-refractivity contribution in [2.45, 2.75) is 18.1 Å². The largest absolute Gasteiger partial charge is 0.368 e. The van der Waals surface area contributed by atoms with E-state index in [0.29, 0.717) is 10.2 Å². The van der Waals surface area contributed by atoms with Gasteiger partial charge in [-0.2, -0.15) is 4.98 Å². The topological polar surface area (TPSA) is 96.7 Å². The molecule has 1 unspecified atom stereocenters. The Kier molecular flexibility index (Phi) is 4.86. The molecule has 0 radical (unpaired) electrons. The van der Waals surface area contributed by atoms with E-state index in [4.69, 9.17) is 17.3 Å². The fourth-order valence-corrected chi connectivity index (χ4v) is 2.56. The lowest BCUT2D eigenvalue weighted by molar-refractivity contribution is -0.119. The molecule has 0 spiro atoms. The van der Waals surface area contributed by atoms with Crippen LogP contribution in [0.3, 0.4) is 0 Å². The van der Waals surface area contributed by atoms with Crippen molar-refractivity contribution in [1.82, 2.24) is 20.5 Å². The third kappa shape index (κ3) is 3.88. The zero-order valence-electron chi connectivity index (χ0n) is 10.8. The highest BCUT2D eigenvalue weighted by Gasteiger charge is 2.13. The number of hydrogen-bond donors (Lipinski definition) is 3. The average molecular weight is 312 g/mol. The van der Waals surface area contributed by atoms with Crippen molar-refractivity contribution in [1.29, 1.82) is 0 Å². The minimum absolute atomic E-state index is 0.120. The van der Waals surface area contributed by atoms with Gasteiger partial charge in [0, 0.05) is 5.02 Å². The van der Waals surface area contributed by atoms with Gasteiger partial charge >= 0.3 is 0 Å². The van der Waals surface area contributed by atoms with E-state index in [1.54, 1.807) is 6.07 Å². The summed E-state index contributed by atoms with van der Waals surface area (Å²) in [6.07, 6.45) is 0. The predicted molar refractivity (Wildman–Crippen MR) is 79.5 cm³/mol. The summed E-state index contributed by atoms with van der Waals surface area (Å²) < 4.78 is 0. The third-order valence-corrected chi connectivity index (χ3v) is 3.76. The van der Waals surface area contributed by atoms with Gasteiger partial charge in [-0.05, 0) is 18.6 Å². The van der Waals surface area contributed by atoms with Crippen LogP contribution in [0.2, 0.25) is 5.02 Å². The average Bonchev–Trinajstić information content (AvgIpc) is 2.82. The Balaban J connectivity index is 1.87. The van der Waals surface area contributed by atoms with Crippen LogP contribution in [0.5, 0.6) is 0 Å². The molecule has 1 atom stereocenters. The zero-order valence-corrected chi connectivity index (χ0v) is 12.3. The summed E-state index contributed by atoms with van der Waals surface area (Å²) in [5.74, 6) is 0.328. The number of nitrogens with two attached hydrogens (primary N) is 1. The molecular weight excluding hydrogens is 298 g/mol. The Morgan fingerprint density at radius 2 is 2.30 bits per heavy atom. The van der Waals surface area contributed by atoms with E-state index >= 15 is 0 Å². The first-order valence-electron chi connectivity index (χ1n) is 5.90. The highest BCUT2D eigenvalue weighted by Crippen LogP contribution is 2.22. The maximum atomic E-state index is 11.8. The Hall–Kier alpha value is -1.73. The number of carbonyl (C=O) groups excluding carboxylic acids is 1. The molecule has 4 N–H and O–H groups in total. The van der Waals surface area contributed by atoms with Crippen molar-refractivity contribution < 1.29 is 4.79 Å². The van der Waals surface area contributed by atoms with Gasteiger partial charge in [0.05, 0.1) is 11.8 Å². The second kappa shape index (κ2) is 6.62. The fraction of sp³-hybridized carbons (Fsp3) is 0.250. The highest BCUT2D eigenvalue weighted by molar-refractivity contribution is 7.99. The molecule has 106 valence electrons. The monoisotopic (exact) mass is 311 g/mol. The standard InChI is InChI=1S/C12H14ClN5OS/c1-7(8-4-2-3-5-9(8)13)15-10(19)6-20-12-16-11(14)17-18-12/h2-5,7H,6H2,1H3,(H,15,19)(H3,14,16,17,18). The zero-order chi connectivity index (χ0) is 14.5. The maximum Gasteiger partial charge on any atom is 0.230 e. The number of carbonyl (C=O) groups is 1. The van der Waals surface area contributed by atoms with Gasteiger partial charge in [-0.3, -0.25) is 4.79 Å². The number of nitrogens with zero attached hydrogens (tertiary/aromatic N) is 2. The lowest BCUT2D eigenvalue weighted by Gasteiger charge is -2.15. The van der Waals surface area contributed by atoms with Crippen LogP contribution in [0.25, 0.3) is 0 Å². The van der Waals surface area contributed by atoms with E-state index in [1.165, 1.54) is 11.8 Å². The minimum atomic E-state index is -0.158. The number of rotatable bonds is 5. The molecule has 1 amide bonds. The Morgan fingerprint density at radius 3 is 2.95 bits per heavy atom. The molecule has 2 aromatic rings. The Bertz CT molecular complexity index is 603. The Morgan fingerprint density at radius 1 is 1.55 bits per heavy atom. The Labute approximate surface area is 125 Å². The molecule has 1 aromatic carbocycles. The van der Waals surface area contributed by atoms with Crippen molar-refractivity contribution in [3.05, 3.63) is 34.9 Å². The number of thioether (sulfide) groups is 1. The summed E-state index contributed by atoms with van der Waals surface area (Å²) in [5, 5.41) is 10.3. The molecule has 1 heterocycles. The van der Waals surface area contributed by atoms with Crippen LogP contribution in [-0.2, 0) is 4.79 Å². The second-order valence-electron chi connectivity index (χ2n) is 4.10. The van der Waals surface area contributed by atoms with E-state index in [1.807, 2.05) is 25.1 Å². The summed E-state index contributed by atoms with van der Waals surface area (Å²) >= 11 is 7.30. The molecule has 0 aliphatic heterocycles. The van der Waals surface area contributed by atoms with Gasteiger partial charge in [-0.15, -0.1) is 5.10 Å². The number of nitrogens with one attached hydrogen (secondary N) is 2. The van der Waals surface area contributed by atoms with Crippen LogP contribution < -0.4 is 11.1 Å². The van der Waals surface area contributed by atoms with Crippen LogP contribution in [-0.4, -0.2) is 26.8 Å². The number of H-pyrrole nitrogens is 1. The molecule has 6 nitrogen and oxygen atoms in total. The summed E-state index contributed by atoms with van der Waals surface area (Å²) in [6, 6.07) is 7.26. The first-order chi connectivity index (χ1) is 9.56. The number of aromatic nitrogens is 3. The van der Waals surface area contributed by atoms with E-state index in [-0.39, 0.29) is 23.7 Å².